The molecule has 2 N–H and O–H groups in total. The van der Waals surface area contributed by atoms with E-state index < -0.39 is 0 Å². The molecule has 20 heavy (non-hydrogen) atoms. The second-order valence-electron chi connectivity index (χ2n) is 6.96. The van der Waals surface area contributed by atoms with Gasteiger partial charge in [0.05, 0.1) is 0 Å². The molecule has 2 heteroatoms. The van der Waals surface area contributed by atoms with Gasteiger partial charge in [-0.3, -0.25) is 0 Å². The Morgan fingerprint density at radius 1 is 0.800 bits per heavy atom. The van der Waals surface area contributed by atoms with Gasteiger partial charge in [0.1, 0.15) is 0 Å². The van der Waals surface area contributed by atoms with E-state index in [1.54, 1.807) is 12.1 Å². The third-order valence-corrected chi connectivity index (χ3v) is 4.00. The summed E-state index contributed by atoms with van der Waals surface area (Å²) >= 11 is 0. The molecule has 2 nitrogen and oxygen atoms in total. The van der Waals surface area contributed by atoms with Crippen LogP contribution in [0.25, 0.3) is 0 Å². The SMILES string of the molecule is CC(C)CC(C)CC(C)CC(C)c1ccc(O)c(O)c1. The molecular formula is C18H30O2. The van der Waals surface area contributed by atoms with Crippen molar-refractivity contribution in [3.05, 3.63) is 23.8 Å². The van der Waals surface area contributed by atoms with Gasteiger partial charge in [-0.05, 0) is 60.6 Å². The topological polar surface area (TPSA) is 40.5 Å². The van der Waals surface area contributed by atoms with Crippen LogP contribution in [0.15, 0.2) is 18.2 Å². The molecular weight excluding hydrogens is 248 g/mol. The maximum atomic E-state index is 9.58. The summed E-state index contributed by atoms with van der Waals surface area (Å²) in [5.41, 5.74) is 1.10. The highest BCUT2D eigenvalue weighted by Gasteiger charge is 2.15. The molecule has 1 aromatic carbocycles. The molecule has 0 saturated carbocycles. The van der Waals surface area contributed by atoms with Crippen molar-refractivity contribution in [3.63, 3.8) is 0 Å². The standard InChI is InChI=1S/C18H30O2/c1-12(2)8-13(3)9-14(4)10-15(5)16-6-7-17(19)18(20)11-16/h6-7,11-15,19-20H,8-10H2,1-5H3. The fraction of sp³-hybridized carbons (Fsp3) is 0.667. The van der Waals surface area contributed by atoms with Crippen LogP contribution in [-0.4, -0.2) is 10.2 Å². The van der Waals surface area contributed by atoms with E-state index in [4.69, 9.17) is 0 Å². The molecule has 0 bridgehead atoms. The molecule has 0 saturated heterocycles. The van der Waals surface area contributed by atoms with Crippen molar-refractivity contribution < 1.29 is 10.2 Å². The molecule has 0 aromatic heterocycles. The first-order valence-electron chi connectivity index (χ1n) is 7.81. The predicted octanol–water partition coefficient (Wildman–Crippen LogP) is 5.30. The molecule has 0 amide bonds. The number of phenolic OH excluding ortho intramolecular Hbond substituents is 2. The number of phenols is 2. The minimum Gasteiger partial charge on any atom is -0.504 e. The highest BCUT2D eigenvalue weighted by molar-refractivity contribution is 5.41. The Labute approximate surface area is 123 Å². The van der Waals surface area contributed by atoms with Crippen molar-refractivity contribution in [3.8, 4) is 11.5 Å². The lowest BCUT2D eigenvalue weighted by molar-refractivity contribution is 0.332. The van der Waals surface area contributed by atoms with Crippen LogP contribution in [0.4, 0.5) is 0 Å². The van der Waals surface area contributed by atoms with Gasteiger partial charge < -0.3 is 10.2 Å². The van der Waals surface area contributed by atoms with Gasteiger partial charge in [0.2, 0.25) is 0 Å². The third kappa shape index (κ3) is 5.44. The first-order chi connectivity index (χ1) is 9.29. The minimum absolute atomic E-state index is 0.0184. The minimum atomic E-state index is -0.0421. The smallest absolute Gasteiger partial charge is 0.157 e. The summed E-state index contributed by atoms with van der Waals surface area (Å²) in [6.45, 7) is 11.4. The van der Waals surface area contributed by atoms with E-state index in [2.05, 4.69) is 34.6 Å². The molecule has 0 aliphatic heterocycles. The van der Waals surface area contributed by atoms with E-state index in [9.17, 15) is 10.2 Å². The van der Waals surface area contributed by atoms with Gasteiger partial charge in [-0.15, -0.1) is 0 Å². The predicted molar refractivity (Wildman–Crippen MR) is 85.2 cm³/mol. The van der Waals surface area contributed by atoms with E-state index in [-0.39, 0.29) is 11.5 Å². The summed E-state index contributed by atoms with van der Waals surface area (Å²) in [5.74, 6) is 2.56. The molecule has 3 unspecified atom stereocenters. The van der Waals surface area contributed by atoms with E-state index in [0.717, 1.165) is 23.8 Å². The van der Waals surface area contributed by atoms with Gasteiger partial charge in [0.15, 0.2) is 11.5 Å². The van der Waals surface area contributed by atoms with Crippen molar-refractivity contribution in [2.24, 2.45) is 17.8 Å². The molecule has 0 spiro atoms. The summed E-state index contributed by atoms with van der Waals surface area (Å²) in [6.07, 6.45) is 3.66. The van der Waals surface area contributed by atoms with Crippen LogP contribution in [0.2, 0.25) is 0 Å². The maximum Gasteiger partial charge on any atom is 0.157 e. The highest BCUT2D eigenvalue weighted by atomic mass is 16.3. The zero-order valence-corrected chi connectivity index (χ0v) is 13.6. The fourth-order valence-electron chi connectivity index (χ4n) is 3.27. The highest BCUT2D eigenvalue weighted by Crippen LogP contribution is 2.33. The fourth-order valence-corrected chi connectivity index (χ4v) is 3.27. The lowest BCUT2D eigenvalue weighted by Gasteiger charge is -2.22. The largest absolute Gasteiger partial charge is 0.504 e. The Bertz CT molecular complexity index is 412. The zero-order valence-electron chi connectivity index (χ0n) is 13.6. The van der Waals surface area contributed by atoms with Gasteiger partial charge in [-0.2, -0.15) is 0 Å². The number of rotatable bonds is 7. The quantitative estimate of drug-likeness (QED) is 0.664. The maximum absolute atomic E-state index is 9.58. The summed E-state index contributed by atoms with van der Waals surface area (Å²) < 4.78 is 0. The zero-order chi connectivity index (χ0) is 15.3. The van der Waals surface area contributed by atoms with Crippen LogP contribution < -0.4 is 0 Å². The van der Waals surface area contributed by atoms with Crippen LogP contribution in [0.1, 0.15) is 65.4 Å². The van der Waals surface area contributed by atoms with Crippen LogP contribution in [0, 0.1) is 17.8 Å². The molecule has 1 aromatic rings. The molecule has 3 atom stereocenters. The average Bonchev–Trinajstić information content (AvgIpc) is 2.30. The van der Waals surface area contributed by atoms with Crippen molar-refractivity contribution in [1.29, 1.82) is 0 Å². The Morgan fingerprint density at radius 2 is 1.40 bits per heavy atom. The molecule has 114 valence electrons. The Hall–Kier alpha value is -1.18. The lowest BCUT2D eigenvalue weighted by atomic mass is 9.84. The van der Waals surface area contributed by atoms with E-state index in [0.29, 0.717) is 11.8 Å². The van der Waals surface area contributed by atoms with Crippen LogP contribution in [0.5, 0.6) is 11.5 Å². The molecule has 1 rings (SSSR count). The van der Waals surface area contributed by atoms with Crippen molar-refractivity contribution in [1.82, 2.24) is 0 Å². The first-order valence-corrected chi connectivity index (χ1v) is 7.81. The molecule has 0 fully saturated rings. The Kier molecular flexibility index (Phi) is 6.38. The second kappa shape index (κ2) is 7.56. The van der Waals surface area contributed by atoms with Gasteiger partial charge in [0, 0.05) is 0 Å². The van der Waals surface area contributed by atoms with Gasteiger partial charge in [-0.1, -0.05) is 40.7 Å². The number of aromatic hydroxyl groups is 2. The van der Waals surface area contributed by atoms with Crippen LogP contribution >= 0.6 is 0 Å². The molecule has 0 aliphatic rings. The summed E-state index contributed by atoms with van der Waals surface area (Å²) in [4.78, 5) is 0. The molecule has 0 aliphatic carbocycles. The van der Waals surface area contributed by atoms with Gasteiger partial charge >= 0.3 is 0 Å². The van der Waals surface area contributed by atoms with Crippen molar-refractivity contribution in [2.75, 3.05) is 0 Å². The van der Waals surface area contributed by atoms with Crippen molar-refractivity contribution in [2.45, 2.75) is 59.8 Å². The summed E-state index contributed by atoms with van der Waals surface area (Å²) in [7, 11) is 0. The second-order valence-corrected chi connectivity index (χ2v) is 6.96. The van der Waals surface area contributed by atoms with Crippen molar-refractivity contribution >= 4 is 0 Å². The van der Waals surface area contributed by atoms with E-state index >= 15 is 0 Å². The number of hydrogen-bond acceptors (Lipinski definition) is 2. The monoisotopic (exact) mass is 278 g/mol. The number of hydrogen-bond donors (Lipinski definition) is 2. The van der Waals surface area contributed by atoms with E-state index in [1.165, 1.54) is 12.8 Å². The van der Waals surface area contributed by atoms with Gasteiger partial charge in [-0.25, -0.2) is 0 Å². The lowest BCUT2D eigenvalue weighted by Crippen LogP contribution is -2.09. The van der Waals surface area contributed by atoms with Gasteiger partial charge in [0.25, 0.3) is 0 Å². The number of benzene rings is 1. The Morgan fingerprint density at radius 3 is 1.95 bits per heavy atom. The van der Waals surface area contributed by atoms with E-state index in [1.807, 2.05) is 6.07 Å². The summed E-state index contributed by atoms with van der Waals surface area (Å²) in [6, 6.07) is 5.17. The average molecular weight is 278 g/mol. The third-order valence-electron chi connectivity index (χ3n) is 4.00. The van der Waals surface area contributed by atoms with Crippen LogP contribution in [-0.2, 0) is 0 Å². The Balaban J connectivity index is 2.52. The van der Waals surface area contributed by atoms with Crippen LogP contribution in [0.3, 0.4) is 0 Å². The molecule has 0 heterocycles. The first kappa shape index (κ1) is 16.9. The normalized spacial score (nSPS) is 16.1. The molecule has 0 radical (unpaired) electrons. The summed E-state index contributed by atoms with van der Waals surface area (Å²) in [5, 5.41) is 18.9.